The van der Waals surface area contributed by atoms with Crippen molar-refractivity contribution in [1.82, 2.24) is 0 Å². The number of benzene rings is 2. The first kappa shape index (κ1) is 23.9. The molecule has 1 aromatic heterocycles. The van der Waals surface area contributed by atoms with E-state index in [1.165, 1.54) is 0 Å². The molecular formula is C25H27BrO6. The van der Waals surface area contributed by atoms with Crippen molar-refractivity contribution in [3.8, 4) is 5.75 Å². The van der Waals surface area contributed by atoms with E-state index in [0.29, 0.717) is 38.1 Å². The molecular weight excluding hydrogens is 476 g/mol. The highest BCUT2D eigenvalue weighted by atomic mass is 79.9. The lowest BCUT2D eigenvalue weighted by atomic mass is 9.89. The van der Waals surface area contributed by atoms with E-state index in [1.54, 1.807) is 38.1 Å². The summed E-state index contributed by atoms with van der Waals surface area (Å²) < 4.78 is 23.3. The average Bonchev–Trinajstić information content (AvgIpc) is 3.11. The summed E-state index contributed by atoms with van der Waals surface area (Å²) in [6.07, 6.45) is -0.968. The van der Waals surface area contributed by atoms with Crippen molar-refractivity contribution in [2.75, 3.05) is 13.2 Å². The minimum atomic E-state index is -0.968. The van der Waals surface area contributed by atoms with Gasteiger partial charge in [0.15, 0.2) is 0 Å². The molecule has 0 saturated carbocycles. The van der Waals surface area contributed by atoms with E-state index in [1.807, 2.05) is 39.0 Å². The molecule has 0 unspecified atom stereocenters. The molecule has 0 fully saturated rings. The fourth-order valence-electron chi connectivity index (χ4n) is 3.35. The molecule has 0 amide bonds. The summed E-state index contributed by atoms with van der Waals surface area (Å²) >= 11 is 3.51. The molecule has 0 spiro atoms. The molecule has 0 N–H and O–H groups in total. The Labute approximate surface area is 196 Å². The van der Waals surface area contributed by atoms with Crippen molar-refractivity contribution >= 4 is 38.8 Å². The Balaban J connectivity index is 2.13. The zero-order chi connectivity index (χ0) is 23.5. The molecule has 0 radical (unpaired) electrons. The van der Waals surface area contributed by atoms with Crippen LogP contribution in [0.4, 0.5) is 0 Å². The van der Waals surface area contributed by atoms with Crippen LogP contribution in [0.1, 0.15) is 62.4 Å². The number of halogens is 1. The molecule has 0 saturated heterocycles. The number of carbonyl (C=O) groups excluding carboxylic acids is 2. The third-order valence-electron chi connectivity index (χ3n) is 4.75. The van der Waals surface area contributed by atoms with Gasteiger partial charge in [0.2, 0.25) is 6.10 Å². The van der Waals surface area contributed by atoms with Crippen LogP contribution < -0.4 is 4.74 Å². The summed E-state index contributed by atoms with van der Waals surface area (Å²) in [6, 6.07) is 12.5. The van der Waals surface area contributed by atoms with Gasteiger partial charge < -0.3 is 18.6 Å². The number of rotatable bonds is 7. The van der Waals surface area contributed by atoms with E-state index < -0.39 is 23.5 Å². The van der Waals surface area contributed by atoms with Crippen LogP contribution in [0.2, 0.25) is 0 Å². The van der Waals surface area contributed by atoms with Crippen molar-refractivity contribution < 1.29 is 28.2 Å². The molecule has 0 bridgehead atoms. The van der Waals surface area contributed by atoms with E-state index in [-0.39, 0.29) is 13.2 Å². The molecule has 170 valence electrons. The molecule has 3 rings (SSSR count). The SMILES string of the molecule is CCOC(=O)c1c(C(C)(C)C)oc2cc(Br)c(O[C@@H](C(=O)OCC)c3ccccc3)cc12. The molecule has 0 aliphatic heterocycles. The molecule has 7 heteroatoms. The predicted octanol–water partition coefficient (Wildman–Crippen LogP) is 6.35. The van der Waals surface area contributed by atoms with E-state index >= 15 is 0 Å². The molecule has 6 nitrogen and oxygen atoms in total. The highest BCUT2D eigenvalue weighted by Gasteiger charge is 2.32. The van der Waals surface area contributed by atoms with Gasteiger partial charge in [-0.3, -0.25) is 0 Å². The first-order valence-corrected chi connectivity index (χ1v) is 11.3. The lowest BCUT2D eigenvalue weighted by molar-refractivity contribution is -0.151. The Kier molecular flexibility index (Phi) is 7.29. The van der Waals surface area contributed by atoms with Gasteiger partial charge in [-0.2, -0.15) is 0 Å². The van der Waals surface area contributed by atoms with Crippen LogP contribution >= 0.6 is 15.9 Å². The quantitative estimate of drug-likeness (QED) is 0.350. The number of fused-ring (bicyclic) bond motifs is 1. The lowest BCUT2D eigenvalue weighted by Crippen LogP contribution is -2.21. The smallest absolute Gasteiger partial charge is 0.352 e. The Morgan fingerprint density at radius 1 is 1.03 bits per heavy atom. The minimum Gasteiger partial charge on any atom is -0.473 e. The fraction of sp³-hybridized carbons (Fsp3) is 0.360. The molecule has 2 aromatic carbocycles. The van der Waals surface area contributed by atoms with Crippen LogP contribution in [0.15, 0.2) is 51.4 Å². The van der Waals surface area contributed by atoms with Gasteiger partial charge in [0.05, 0.1) is 17.7 Å². The standard InChI is InChI=1S/C25H27BrO6/c1-6-29-23(27)20-16-13-19(17(26)14-18(16)32-22(20)25(3,4)5)31-21(24(28)30-7-2)15-11-9-8-10-12-15/h8-14,21H,6-7H2,1-5H3/t21-/m1/s1. The minimum absolute atomic E-state index is 0.232. The largest absolute Gasteiger partial charge is 0.473 e. The van der Waals surface area contributed by atoms with E-state index in [4.69, 9.17) is 18.6 Å². The maximum Gasteiger partial charge on any atom is 0.352 e. The second-order valence-electron chi connectivity index (χ2n) is 8.22. The van der Waals surface area contributed by atoms with Crippen LogP contribution in [0.25, 0.3) is 11.0 Å². The molecule has 1 heterocycles. The van der Waals surface area contributed by atoms with E-state index in [2.05, 4.69) is 15.9 Å². The van der Waals surface area contributed by atoms with E-state index in [0.717, 1.165) is 0 Å². The predicted molar refractivity (Wildman–Crippen MR) is 125 cm³/mol. The van der Waals surface area contributed by atoms with Crippen molar-refractivity contribution in [3.63, 3.8) is 0 Å². The topological polar surface area (TPSA) is 75.0 Å². The maximum absolute atomic E-state index is 12.8. The van der Waals surface area contributed by atoms with Crippen LogP contribution in [0.3, 0.4) is 0 Å². The maximum atomic E-state index is 12.8. The number of furan rings is 1. The number of esters is 2. The van der Waals surface area contributed by atoms with Crippen molar-refractivity contribution in [2.45, 2.75) is 46.1 Å². The Morgan fingerprint density at radius 2 is 1.69 bits per heavy atom. The third-order valence-corrected chi connectivity index (χ3v) is 5.37. The summed E-state index contributed by atoms with van der Waals surface area (Å²) in [7, 11) is 0. The molecule has 32 heavy (non-hydrogen) atoms. The summed E-state index contributed by atoms with van der Waals surface area (Å²) in [5.74, 6) is -0.0560. The average molecular weight is 503 g/mol. The molecule has 0 aliphatic rings. The number of carbonyl (C=O) groups is 2. The summed E-state index contributed by atoms with van der Waals surface area (Å²) in [4.78, 5) is 25.5. The zero-order valence-corrected chi connectivity index (χ0v) is 20.4. The number of hydrogen-bond acceptors (Lipinski definition) is 6. The highest BCUT2D eigenvalue weighted by molar-refractivity contribution is 9.10. The van der Waals surface area contributed by atoms with Gasteiger partial charge in [-0.05, 0) is 41.9 Å². The monoisotopic (exact) mass is 502 g/mol. The fourth-order valence-corrected chi connectivity index (χ4v) is 3.76. The second kappa shape index (κ2) is 9.77. The highest BCUT2D eigenvalue weighted by Crippen LogP contribution is 2.40. The van der Waals surface area contributed by atoms with E-state index in [9.17, 15) is 9.59 Å². The third kappa shape index (κ3) is 4.99. The van der Waals surface area contributed by atoms with Crippen molar-refractivity contribution in [1.29, 1.82) is 0 Å². The molecule has 0 aliphatic carbocycles. The van der Waals surface area contributed by atoms with Gasteiger partial charge in [-0.25, -0.2) is 9.59 Å². The Hall–Kier alpha value is -2.80. The van der Waals surface area contributed by atoms with Gasteiger partial charge in [0.25, 0.3) is 0 Å². The van der Waals surface area contributed by atoms with Gasteiger partial charge in [-0.15, -0.1) is 0 Å². The summed E-state index contributed by atoms with van der Waals surface area (Å²) in [5, 5.41) is 0.558. The zero-order valence-electron chi connectivity index (χ0n) is 18.9. The van der Waals surface area contributed by atoms with Crippen LogP contribution in [0.5, 0.6) is 5.75 Å². The first-order valence-electron chi connectivity index (χ1n) is 10.5. The van der Waals surface area contributed by atoms with Gasteiger partial charge in [0.1, 0.15) is 22.7 Å². The first-order chi connectivity index (χ1) is 15.2. The van der Waals surface area contributed by atoms with Crippen LogP contribution in [0, 0.1) is 0 Å². The Bertz CT molecular complexity index is 1110. The van der Waals surface area contributed by atoms with Crippen molar-refractivity contribution in [3.05, 3.63) is 63.8 Å². The molecule has 1 atom stereocenters. The number of ether oxygens (including phenoxy) is 3. The van der Waals surface area contributed by atoms with Crippen molar-refractivity contribution in [2.24, 2.45) is 0 Å². The molecule has 3 aromatic rings. The normalized spacial score (nSPS) is 12.4. The Morgan fingerprint density at radius 3 is 2.28 bits per heavy atom. The second-order valence-corrected chi connectivity index (χ2v) is 9.07. The summed E-state index contributed by atoms with van der Waals surface area (Å²) in [6.45, 7) is 9.87. The van der Waals surface area contributed by atoms with Gasteiger partial charge in [0, 0.05) is 16.4 Å². The summed E-state index contributed by atoms with van der Waals surface area (Å²) in [5.41, 5.74) is 1.11. The van der Waals surface area contributed by atoms with Gasteiger partial charge in [-0.1, -0.05) is 51.1 Å². The van der Waals surface area contributed by atoms with Crippen LogP contribution in [-0.4, -0.2) is 25.2 Å². The lowest BCUT2D eigenvalue weighted by Gasteiger charge is -2.19. The van der Waals surface area contributed by atoms with Gasteiger partial charge >= 0.3 is 11.9 Å². The van der Waals surface area contributed by atoms with Crippen LogP contribution in [-0.2, 0) is 19.7 Å². The number of hydrogen-bond donors (Lipinski definition) is 0.